The number of hydrogen-bond acceptors (Lipinski definition) is 2. The Morgan fingerprint density at radius 2 is 1.14 bits per heavy atom. The van der Waals surface area contributed by atoms with Crippen LogP contribution in [-0.2, 0) is 9.84 Å². The van der Waals surface area contributed by atoms with E-state index >= 15 is 0 Å². The van der Waals surface area contributed by atoms with E-state index in [1.807, 2.05) is 0 Å². The van der Waals surface area contributed by atoms with Gasteiger partial charge in [-0.25, -0.2) is 12.8 Å². The fourth-order valence-corrected chi connectivity index (χ4v) is 1.37. The molecule has 0 bridgehead atoms. The van der Waals surface area contributed by atoms with Crippen LogP contribution in [0, 0.1) is 0 Å². The molecule has 0 heterocycles. The fourth-order valence-electron chi connectivity index (χ4n) is 0.457. The minimum absolute atomic E-state index is 0.113. The van der Waals surface area contributed by atoms with Gasteiger partial charge in [-0.3, -0.25) is 0 Å². The van der Waals surface area contributed by atoms with E-state index in [0.717, 1.165) is 0 Å². The molecule has 0 radical (unpaired) electrons. The van der Waals surface area contributed by atoms with Gasteiger partial charge in [0.25, 0.3) is 9.84 Å². The molecule has 0 aliphatic heterocycles. The minimum Gasteiger partial charge on any atom is -0.227 e. The van der Waals surface area contributed by atoms with Crippen molar-refractivity contribution in [3.05, 3.63) is 0 Å². The van der Waals surface area contributed by atoms with Gasteiger partial charge in [-0.15, -0.1) is 0 Å². The van der Waals surface area contributed by atoms with Crippen molar-refractivity contribution in [2.24, 2.45) is 0 Å². The number of hydrogen-bond donors (Lipinski definition) is 0. The van der Waals surface area contributed by atoms with E-state index in [1.165, 1.54) is 0 Å². The molecular formula is C5H6F6O2S. The Bertz CT molecular complexity index is 308. The average molecular weight is 244 g/mol. The van der Waals surface area contributed by atoms with Crippen molar-refractivity contribution >= 4 is 9.84 Å². The van der Waals surface area contributed by atoms with Crippen molar-refractivity contribution in [2.75, 3.05) is 0 Å². The van der Waals surface area contributed by atoms with E-state index < -0.39 is 26.3 Å². The van der Waals surface area contributed by atoms with Gasteiger partial charge in [0.2, 0.25) is 5.00 Å². The van der Waals surface area contributed by atoms with Crippen molar-refractivity contribution in [3.63, 3.8) is 0 Å². The largest absolute Gasteiger partial charge is 0.469 e. The van der Waals surface area contributed by atoms with Crippen LogP contribution < -0.4 is 0 Å². The third-order valence-corrected chi connectivity index (χ3v) is 3.49. The molecule has 0 aliphatic rings. The summed E-state index contributed by atoms with van der Waals surface area (Å²) in [5.74, 6) is 0. The first kappa shape index (κ1) is 13.5. The summed E-state index contributed by atoms with van der Waals surface area (Å²) < 4.78 is 92.8. The van der Waals surface area contributed by atoms with Crippen molar-refractivity contribution in [2.45, 2.75) is 30.3 Å². The van der Waals surface area contributed by atoms with Crippen molar-refractivity contribution in [1.29, 1.82) is 0 Å². The number of halogens is 6. The van der Waals surface area contributed by atoms with Gasteiger partial charge < -0.3 is 0 Å². The Labute approximate surface area is 75.8 Å². The van der Waals surface area contributed by atoms with Crippen LogP contribution in [0.4, 0.5) is 26.3 Å². The zero-order chi connectivity index (χ0) is 12.0. The molecule has 2 nitrogen and oxygen atoms in total. The molecule has 14 heavy (non-hydrogen) atoms. The Morgan fingerprint density at radius 1 is 0.857 bits per heavy atom. The maximum atomic E-state index is 12.6. The van der Waals surface area contributed by atoms with Gasteiger partial charge in [-0.05, 0) is 13.8 Å². The van der Waals surface area contributed by atoms with Gasteiger partial charge in [0, 0.05) is 0 Å². The van der Waals surface area contributed by atoms with Crippen molar-refractivity contribution in [3.8, 4) is 0 Å². The third kappa shape index (κ3) is 1.82. The van der Waals surface area contributed by atoms with E-state index in [0.29, 0.717) is 0 Å². The molecule has 9 heteroatoms. The smallest absolute Gasteiger partial charge is 0.227 e. The summed E-state index contributed by atoms with van der Waals surface area (Å²) in [6.07, 6.45) is -6.32. The second-order valence-corrected chi connectivity index (χ2v) is 5.37. The van der Waals surface area contributed by atoms with E-state index in [4.69, 9.17) is 0 Å². The SMILES string of the molecule is CC(C)(F)S(=O)(=O)C(F)(F)C(F)(F)F. The van der Waals surface area contributed by atoms with Crippen LogP contribution in [0.15, 0.2) is 0 Å². The fraction of sp³-hybridized carbons (Fsp3) is 1.00. The number of sulfone groups is 1. The topological polar surface area (TPSA) is 34.1 Å². The molecule has 0 saturated heterocycles. The molecular weight excluding hydrogens is 238 g/mol. The zero-order valence-corrected chi connectivity index (χ0v) is 7.81. The third-order valence-electron chi connectivity index (χ3n) is 1.31. The average Bonchev–Trinajstić information content (AvgIpc) is 1.81. The molecule has 0 unspecified atom stereocenters. The van der Waals surface area contributed by atoms with Crippen LogP contribution in [0.1, 0.15) is 13.8 Å². The Kier molecular flexibility index (Phi) is 2.91. The summed E-state index contributed by atoms with van der Waals surface area (Å²) in [6.45, 7) is 0.226. The molecule has 0 rings (SSSR count). The lowest BCUT2D eigenvalue weighted by atomic mass is 10.5. The second kappa shape index (κ2) is 3.01. The van der Waals surface area contributed by atoms with Crippen LogP contribution in [0.25, 0.3) is 0 Å². The Balaban J connectivity index is 5.56. The highest BCUT2D eigenvalue weighted by Gasteiger charge is 2.71. The Morgan fingerprint density at radius 3 is 1.21 bits per heavy atom. The molecule has 0 spiro atoms. The molecule has 0 saturated carbocycles. The molecule has 0 aromatic rings. The summed E-state index contributed by atoms with van der Waals surface area (Å²) in [7, 11) is -6.26. The van der Waals surface area contributed by atoms with Gasteiger partial charge >= 0.3 is 11.4 Å². The molecule has 0 fully saturated rings. The molecule has 0 atom stereocenters. The van der Waals surface area contributed by atoms with Crippen LogP contribution in [0.3, 0.4) is 0 Å². The molecule has 0 aliphatic carbocycles. The van der Waals surface area contributed by atoms with Crippen LogP contribution in [0.2, 0.25) is 0 Å². The molecule has 86 valence electrons. The summed E-state index contributed by atoms with van der Waals surface area (Å²) >= 11 is 0. The quantitative estimate of drug-likeness (QED) is 0.698. The van der Waals surface area contributed by atoms with E-state index in [-0.39, 0.29) is 13.8 Å². The molecule has 0 N–H and O–H groups in total. The highest BCUT2D eigenvalue weighted by molar-refractivity contribution is 7.93. The first-order valence-corrected chi connectivity index (χ1v) is 4.61. The predicted molar refractivity (Wildman–Crippen MR) is 35.1 cm³/mol. The lowest BCUT2D eigenvalue weighted by Gasteiger charge is -2.24. The molecule has 0 aromatic carbocycles. The first-order valence-electron chi connectivity index (χ1n) is 3.13. The highest BCUT2D eigenvalue weighted by Crippen LogP contribution is 2.44. The summed E-state index contributed by atoms with van der Waals surface area (Å²) in [5.41, 5.74) is 0. The predicted octanol–water partition coefficient (Wildman–Crippen LogP) is 2.26. The van der Waals surface area contributed by atoms with Crippen molar-refractivity contribution < 1.29 is 34.8 Å². The summed E-state index contributed by atoms with van der Waals surface area (Å²) in [5, 5.41) is -9.75. The lowest BCUT2D eigenvalue weighted by Crippen LogP contribution is -2.50. The maximum absolute atomic E-state index is 12.6. The number of alkyl halides is 6. The van der Waals surface area contributed by atoms with Gasteiger partial charge in [-0.1, -0.05) is 0 Å². The highest BCUT2D eigenvalue weighted by atomic mass is 32.2. The van der Waals surface area contributed by atoms with E-state index in [2.05, 4.69) is 0 Å². The minimum atomic E-state index is -6.32. The van der Waals surface area contributed by atoms with Crippen LogP contribution in [-0.4, -0.2) is 24.8 Å². The molecule has 0 amide bonds. The molecule has 0 aromatic heterocycles. The van der Waals surface area contributed by atoms with Crippen LogP contribution in [0.5, 0.6) is 0 Å². The zero-order valence-electron chi connectivity index (χ0n) is 6.99. The van der Waals surface area contributed by atoms with Gasteiger partial charge in [0.15, 0.2) is 0 Å². The van der Waals surface area contributed by atoms with Gasteiger partial charge in [-0.2, -0.15) is 22.0 Å². The van der Waals surface area contributed by atoms with E-state index in [1.54, 1.807) is 0 Å². The second-order valence-electron chi connectivity index (χ2n) is 2.88. The first-order chi connectivity index (χ1) is 5.75. The normalized spacial score (nSPS) is 15.7. The van der Waals surface area contributed by atoms with E-state index in [9.17, 15) is 34.8 Å². The van der Waals surface area contributed by atoms with Crippen LogP contribution >= 0.6 is 0 Å². The summed E-state index contributed by atoms with van der Waals surface area (Å²) in [4.78, 5) is 0. The summed E-state index contributed by atoms with van der Waals surface area (Å²) in [6, 6.07) is 0. The Hall–Kier alpha value is -0.470. The lowest BCUT2D eigenvalue weighted by molar-refractivity contribution is -0.242. The van der Waals surface area contributed by atoms with Gasteiger partial charge in [0.05, 0.1) is 0 Å². The standard InChI is InChI=1S/C5H6F6O2S/c1-3(2,6)14(12,13)5(10,11)4(7,8)9/h1-2H3. The maximum Gasteiger partial charge on any atom is 0.469 e. The number of rotatable bonds is 2. The van der Waals surface area contributed by atoms with Gasteiger partial charge in [0.1, 0.15) is 0 Å². The van der Waals surface area contributed by atoms with Crippen molar-refractivity contribution in [1.82, 2.24) is 0 Å². The monoisotopic (exact) mass is 244 g/mol.